The summed E-state index contributed by atoms with van der Waals surface area (Å²) in [5.41, 5.74) is 3.40. The summed E-state index contributed by atoms with van der Waals surface area (Å²) in [5.74, 6) is -0.397. The van der Waals surface area contributed by atoms with Crippen LogP contribution in [0.15, 0.2) is 70.5 Å². The molecule has 2 amide bonds. The number of carbonyl (C=O) groups is 2. The molecule has 0 atom stereocenters. The molecule has 12 nitrogen and oxygen atoms in total. The predicted molar refractivity (Wildman–Crippen MR) is 246 cm³/mol. The highest BCUT2D eigenvalue weighted by Gasteiger charge is 2.28. The maximum Gasteiger partial charge on any atom is 0.295 e. The van der Waals surface area contributed by atoms with E-state index in [1.165, 1.54) is 36.4 Å². The Hall–Kier alpha value is -5.02. The maximum atomic E-state index is 13.1. The largest absolute Gasteiger partial charge is 0.507 e. The SMILES string of the molecule is CC(C)(C)c1cc(CCC(=O)Nc2ccc(/C=C/c3ccc(NC(=O)CCc4cc(C(C)(C)C)c(O)c(C(C)(C)C)c4)cc3S(=O)(=O)O)c(S(=O)(=O)O)c2)cc(C(C)(C)C)c1O. The fraction of sp³-hybridized carbons (Fsp3) is 0.417. The lowest BCUT2D eigenvalue weighted by Gasteiger charge is -2.28. The summed E-state index contributed by atoms with van der Waals surface area (Å²) in [5, 5.41) is 27.4. The van der Waals surface area contributed by atoms with Crippen molar-refractivity contribution < 1.29 is 45.7 Å². The van der Waals surface area contributed by atoms with E-state index in [2.05, 4.69) is 10.6 Å². The summed E-state index contributed by atoms with van der Waals surface area (Å²) in [6.07, 6.45) is 3.20. The Balaban J connectivity index is 1.53. The van der Waals surface area contributed by atoms with E-state index in [-0.39, 0.29) is 68.5 Å². The molecule has 62 heavy (non-hydrogen) atoms. The minimum absolute atomic E-state index is 0.0324. The third-order valence-electron chi connectivity index (χ3n) is 10.4. The lowest BCUT2D eigenvalue weighted by molar-refractivity contribution is -0.117. The van der Waals surface area contributed by atoms with Crippen LogP contribution in [0.1, 0.15) is 140 Å². The summed E-state index contributed by atoms with van der Waals surface area (Å²) in [4.78, 5) is 25.1. The van der Waals surface area contributed by atoms with Gasteiger partial charge in [0.25, 0.3) is 20.2 Å². The van der Waals surface area contributed by atoms with Crippen molar-refractivity contribution in [3.05, 3.63) is 105 Å². The second kappa shape index (κ2) is 18.0. The molecule has 0 heterocycles. The van der Waals surface area contributed by atoms with Crippen LogP contribution < -0.4 is 10.6 Å². The number of rotatable bonds is 12. The Bertz CT molecular complexity index is 2370. The molecule has 0 aromatic heterocycles. The monoisotopic (exact) mass is 890 g/mol. The number of anilines is 2. The predicted octanol–water partition coefficient (Wildman–Crippen LogP) is 10.1. The first-order valence-electron chi connectivity index (χ1n) is 20.4. The van der Waals surface area contributed by atoms with Gasteiger partial charge in [-0.1, -0.05) is 132 Å². The zero-order valence-electron chi connectivity index (χ0n) is 37.8. The topological polar surface area (TPSA) is 207 Å². The molecule has 0 saturated heterocycles. The van der Waals surface area contributed by atoms with Crippen molar-refractivity contribution in [2.24, 2.45) is 0 Å². The van der Waals surface area contributed by atoms with Crippen molar-refractivity contribution >= 4 is 55.6 Å². The van der Waals surface area contributed by atoms with Crippen molar-refractivity contribution in [1.82, 2.24) is 0 Å². The molecular formula is C48H62N2O10S2. The van der Waals surface area contributed by atoms with Gasteiger partial charge >= 0.3 is 0 Å². The van der Waals surface area contributed by atoms with E-state index >= 15 is 0 Å². The number of phenols is 2. The normalized spacial score (nSPS) is 13.1. The van der Waals surface area contributed by atoms with Crippen LogP contribution in [0.25, 0.3) is 12.2 Å². The third-order valence-corrected chi connectivity index (χ3v) is 12.3. The molecule has 4 aromatic carbocycles. The molecule has 0 radical (unpaired) electrons. The van der Waals surface area contributed by atoms with Gasteiger partial charge in [0.15, 0.2) is 0 Å². The molecule has 4 aromatic rings. The van der Waals surface area contributed by atoms with Gasteiger partial charge in [-0.15, -0.1) is 0 Å². The average molecular weight is 891 g/mol. The Morgan fingerprint density at radius 1 is 0.500 bits per heavy atom. The van der Waals surface area contributed by atoms with Crippen LogP contribution in [-0.4, -0.2) is 48.0 Å². The molecule has 0 saturated carbocycles. The number of hydrogen-bond donors (Lipinski definition) is 6. The van der Waals surface area contributed by atoms with Crippen molar-refractivity contribution in [3.8, 4) is 11.5 Å². The molecule has 14 heteroatoms. The van der Waals surface area contributed by atoms with E-state index < -0.39 is 41.8 Å². The molecule has 0 spiro atoms. The number of amides is 2. The van der Waals surface area contributed by atoms with Crippen LogP contribution in [-0.2, 0) is 64.3 Å². The highest BCUT2D eigenvalue weighted by Crippen LogP contribution is 2.41. The van der Waals surface area contributed by atoms with Crippen molar-refractivity contribution in [3.63, 3.8) is 0 Å². The van der Waals surface area contributed by atoms with E-state index in [0.717, 1.165) is 45.5 Å². The van der Waals surface area contributed by atoms with Crippen molar-refractivity contribution in [1.29, 1.82) is 0 Å². The highest BCUT2D eigenvalue weighted by molar-refractivity contribution is 7.86. The van der Waals surface area contributed by atoms with Crippen molar-refractivity contribution in [2.75, 3.05) is 10.6 Å². The first kappa shape index (κ1) is 49.6. The van der Waals surface area contributed by atoms with Gasteiger partial charge in [-0.05, 0) is 103 Å². The first-order valence-corrected chi connectivity index (χ1v) is 23.3. The van der Waals surface area contributed by atoms with Gasteiger partial charge in [-0.25, -0.2) is 0 Å². The summed E-state index contributed by atoms with van der Waals surface area (Å²) in [6.45, 7) is 23.9. The smallest absolute Gasteiger partial charge is 0.295 e. The average Bonchev–Trinajstić information content (AvgIpc) is 3.11. The van der Waals surface area contributed by atoms with Crippen LogP contribution in [0.4, 0.5) is 11.4 Å². The molecule has 0 unspecified atom stereocenters. The quantitative estimate of drug-likeness (QED) is 0.0586. The zero-order chi connectivity index (χ0) is 47.0. The molecule has 4 rings (SSSR count). The van der Waals surface area contributed by atoms with Gasteiger partial charge in [0.1, 0.15) is 21.3 Å². The standard InChI is InChI=1S/C48H62N2O10S2/c1-45(2,3)35-23-29(24-36(43(35)53)46(4,5)6)13-21-41(51)49-33-19-17-31(39(27-33)61(55,56)57)15-16-32-18-20-34(28-40(32)62(58,59)60)50-42(52)22-14-30-25-37(47(7,8)9)44(54)38(26-30)48(10,11)12/h15-20,23-28,53-54H,13-14,21-22H2,1-12H3,(H,49,51)(H,50,52)(H,55,56,57)(H,58,59,60)/b16-15+. The molecule has 0 aliphatic carbocycles. The second-order valence-corrected chi connectivity index (χ2v) is 22.7. The fourth-order valence-corrected chi connectivity index (χ4v) is 8.47. The Morgan fingerprint density at radius 2 is 0.774 bits per heavy atom. The van der Waals surface area contributed by atoms with E-state index in [0.29, 0.717) is 12.8 Å². The molecule has 6 N–H and O–H groups in total. The fourth-order valence-electron chi connectivity index (χ4n) is 7.05. The number of nitrogens with one attached hydrogen (secondary N) is 2. The van der Waals surface area contributed by atoms with Crippen LogP contribution in [0.2, 0.25) is 0 Å². The number of benzene rings is 4. The second-order valence-electron chi connectivity index (χ2n) is 20.0. The number of hydrogen-bond acceptors (Lipinski definition) is 8. The molecule has 0 bridgehead atoms. The molecular weight excluding hydrogens is 829 g/mol. The van der Waals surface area contributed by atoms with Crippen LogP contribution in [0, 0.1) is 0 Å². The summed E-state index contributed by atoms with van der Waals surface area (Å²) in [7, 11) is -9.71. The lowest BCUT2D eigenvalue weighted by Crippen LogP contribution is -2.18. The Labute approximate surface area is 367 Å². The van der Waals surface area contributed by atoms with Crippen LogP contribution in [0.5, 0.6) is 11.5 Å². The zero-order valence-corrected chi connectivity index (χ0v) is 39.4. The minimum atomic E-state index is -4.85. The summed E-state index contributed by atoms with van der Waals surface area (Å²) in [6, 6.07) is 15.2. The van der Waals surface area contributed by atoms with E-state index in [1.54, 1.807) is 0 Å². The summed E-state index contributed by atoms with van der Waals surface area (Å²) < 4.78 is 70.4. The molecule has 0 aliphatic rings. The van der Waals surface area contributed by atoms with Gasteiger partial charge in [0.05, 0.1) is 0 Å². The van der Waals surface area contributed by atoms with Crippen LogP contribution in [0.3, 0.4) is 0 Å². The van der Waals surface area contributed by atoms with Gasteiger partial charge in [0.2, 0.25) is 11.8 Å². The number of aryl methyl sites for hydroxylation is 2. The summed E-state index contributed by atoms with van der Waals surface area (Å²) >= 11 is 0. The Kier molecular flexibility index (Phi) is 14.4. The Morgan fingerprint density at radius 3 is 1.02 bits per heavy atom. The third kappa shape index (κ3) is 12.8. The molecule has 336 valence electrons. The van der Waals surface area contributed by atoms with E-state index in [1.807, 2.05) is 107 Å². The van der Waals surface area contributed by atoms with Gasteiger partial charge in [-0.3, -0.25) is 18.7 Å². The molecule has 0 aliphatic heterocycles. The van der Waals surface area contributed by atoms with Gasteiger partial charge < -0.3 is 20.8 Å². The lowest BCUT2D eigenvalue weighted by atomic mass is 9.78. The van der Waals surface area contributed by atoms with Gasteiger partial charge in [0, 0.05) is 24.2 Å². The molecule has 0 fully saturated rings. The van der Waals surface area contributed by atoms with Crippen molar-refractivity contribution in [2.45, 2.75) is 140 Å². The first-order chi connectivity index (χ1) is 28.2. The van der Waals surface area contributed by atoms with Gasteiger partial charge in [-0.2, -0.15) is 16.8 Å². The highest BCUT2D eigenvalue weighted by atomic mass is 32.2. The maximum absolute atomic E-state index is 13.1. The van der Waals surface area contributed by atoms with E-state index in [4.69, 9.17) is 0 Å². The number of phenolic OH excluding ortho intramolecular Hbond substituents is 2. The number of carbonyl (C=O) groups excluding carboxylic acids is 2. The number of aromatic hydroxyl groups is 2. The minimum Gasteiger partial charge on any atom is -0.507 e. The van der Waals surface area contributed by atoms with E-state index in [9.17, 15) is 45.7 Å². The van der Waals surface area contributed by atoms with Crippen LogP contribution >= 0.6 is 0 Å².